The number of alkyl halides is 3. The molecular formula is C21H19F3N6O. The van der Waals surface area contributed by atoms with E-state index in [0.29, 0.717) is 5.69 Å². The smallest absolute Gasteiger partial charge is 0.404 e. The molecule has 0 aliphatic heterocycles. The van der Waals surface area contributed by atoms with E-state index in [0.717, 1.165) is 22.5 Å². The molecule has 0 bridgehead atoms. The van der Waals surface area contributed by atoms with Gasteiger partial charge in [-0.15, -0.1) is 13.2 Å². The summed E-state index contributed by atoms with van der Waals surface area (Å²) in [6.07, 6.45) is 2.14. The summed E-state index contributed by atoms with van der Waals surface area (Å²) in [4.78, 5) is 12.8. The zero-order valence-electron chi connectivity index (χ0n) is 16.7. The number of hydrogen-bond acceptors (Lipinski definition) is 6. The van der Waals surface area contributed by atoms with Crippen molar-refractivity contribution >= 4 is 28.2 Å². The number of nitrogens with two attached hydrogens (primary N) is 1. The lowest BCUT2D eigenvalue weighted by Gasteiger charge is -2.14. The van der Waals surface area contributed by atoms with E-state index in [1.54, 1.807) is 18.5 Å². The van der Waals surface area contributed by atoms with Crippen LogP contribution in [0.15, 0.2) is 55.1 Å². The van der Waals surface area contributed by atoms with Gasteiger partial charge >= 0.3 is 6.36 Å². The Balaban J connectivity index is 1.73. The van der Waals surface area contributed by atoms with Crippen molar-refractivity contribution in [3.63, 3.8) is 0 Å². The molecule has 0 amide bonds. The largest absolute Gasteiger partial charge is 0.573 e. The van der Waals surface area contributed by atoms with E-state index in [2.05, 4.69) is 43.4 Å². The summed E-state index contributed by atoms with van der Waals surface area (Å²) in [7, 11) is 0. The summed E-state index contributed by atoms with van der Waals surface area (Å²) in [6.45, 7) is 4.12. The zero-order valence-corrected chi connectivity index (χ0v) is 16.7. The number of aromatic nitrogens is 4. The lowest BCUT2D eigenvalue weighted by Crippen LogP contribution is -2.18. The monoisotopic (exact) mass is 428 g/mol. The fourth-order valence-corrected chi connectivity index (χ4v) is 3.28. The van der Waals surface area contributed by atoms with E-state index >= 15 is 0 Å². The highest BCUT2D eigenvalue weighted by Crippen LogP contribution is 2.35. The molecule has 4 aromatic rings. The van der Waals surface area contributed by atoms with Crippen molar-refractivity contribution in [1.29, 1.82) is 0 Å². The summed E-state index contributed by atoms with van der Waals surface area (Å²) in [5, 5.41) is 3.73. The van der Waals surface area contributed by atoms with Crippen LogP contribution in [0.1, 0.15) is 19.9 Å². The number of fused-ring (bicyclic) bond motifs is 1. The van der Waals surface area contributed by atoms with Crippen LogP contribution in [-0.4, -0.2) is 25.9 Å². The third-order valence-electron chi connectivity index (χ3n) is 4.60. The maximum absolute atomic E-state index is 12.7. The molecule has 4 rings (SSSR count). The Morgan fingerprint density at radius 2 is 1.94 bits per heavy atom. The standard InChI is InChI=1S/C21H19F3N6O/c1-12(2)30-11-15(14-5-7-26-10-18(14)30)16-6-8-27-20(28-16)29-17-9-13(25)3-4-19(17)31-21(22,23)24/h3-12H,25H2,1-2H3,(H,27,28,29). The van der Waals surface area contributed by atoms with Gasteiger partial charge in [0.25, 0.3) is 0 Å². The summed E-state index contributed by atoms with van der Waals surface area (Å²) < 4.78 is 44.4. The summed E-state index contributed by atoms with van der Waals surface area (Å²) >= 11 is 0. The van der Waals surface area contributed by atoms with Crippen molar-refractivity contribution in [1.82, 2.24) is 19.5 Å². The predicted molar refractivity (Wildman–Crippen MR) is 112 cm³/mol. The quantitative estimate of drug-likeness (QED) is 0.419. The van der Waals surface area contributed by atoms with Gasteiger partial charge in [-0.3, -0.25) is 4.98 Å². The lowest BCUT2D eigenvalue weighted by molar-refractivity contribution is -0.274. The Hall–Kier alpha value is -3.82. The van der Waals surface area contributed by atoms with E-state index in [1.807, 2.05) is 12.3 Å². The second kappa shape index (κ2) is 7.78. The van der Waals surface area contributed by atoms with E-state index in [4.69, 9.17) is 5.73 Å². The van der Waals surface area contributed by atoms with Crippen LogP contribution in [-0.2, 0) is 0 Å². The average Bonchev–Trinajstić information content (AvgIpc) is 3.09. The van der Waals surface area contributed by atoms with Crippen molar-refractivity contribution in [2.45, 2.75) is 26.3 Å². The van der Waals surface area contributed by atoms with E-state index < -0.39 is 12.1 Å². The van der Waals surface area contributed by atoms with Crippen LogP contribution >= 0.6 is 0 Å². The molecule has 3 aromatic heterocycles. The van der Waals surface area contributed by atoms with Gasteiger partial charge in [0.05, 0.1) is 23.1 Å². The number of ether oxygens (including phenoxy) is 1. The maximum Gasteiger partial charge on any atom is 0.573 e. The average molecular weight is 428 g/mol. The number of hydrogen-bond donors (Lipinski definition) is 2. The van der Waals surface area contributed by atoms with Crippen molar-refractivity contribution in [2.24, 2.45) is 0 Å². The molecule has 0 aliphatic carbocycles. The van der Waals surface area contributed by atoms with Crippen molar-refractivity contribution in [3.8, 4) is 17.0 Å². The minimum absolute atomic E-state index is 0.00304. The molecule has 7 nitrogen and oxygen atoms in total. The molecule has 0 saturated heterocycles. The van der Waals surface area contributed by atoms with Gasteiger partial charge < -0.3 is 20.4 Å². The second-order valence-corrected chi connectivity index (χ2v) is 7.13. The molecule has 0 fully saturated rings. The first-order valence-corrected chi connectivity index (χ1v) is 9.41. The Morgan fingerprint density at radius 1 is 1.13 bits per heavy atom. The molecule has 0 radical (unpaired) electrons. The highest BCUT2D eigenvalue weighted by Gasteiger charge is 2.32. The number of nitrogens with one attached hydrogen (secondary N) is 1. The first kappa shape index (κ1) is 20.5. The van der Waals surface area contributed by atoms with Crippen LogP contribution in [0.5, 0.6) is 5.75 Å². The first-order chi connectivity index (χ1) is 14.7. The first-order valence-electron chi connectivity index (χ1n) is 9.41. The maximum atomic E-state index is 12.7. The summed E-state index contributed by atoms with van der Waals surface area (Å²) in [5.41, 5.74) is 8.42. The molecule has 0 unspecified atom stereocenters. The van der Waals surface area contributed by atoms with Crippen LogP contribution < -0.4 is 15.8 Å². The second-order valence-electron chi connectivity index (χ2n) is 7.13. The Kier molecular flexibility index (Phi) is 5.14. The van der Waals surface area contributed by atoms with Gasteiger partial charge in [0, 0.05) is 41.3 Å². The number of benzene rings is 1. The molecule has 3 heterocycles. The van der Waals surface area contributed by atoms with Gasteiger partial charge in [-0.2, -0.15) is 0 Å². The fourth-order valence-electron chi connectivity index (χ4n) is 3.28. The number of nitrogens with zero attached hydrogens (tertiary/aromatic N) is 4. The highest BCUT2D eigenvalue weighted by molar-refractivity contribution is 5.94. The van der Waals surface area contributed by atoms with Crippen LogP contribution in [0.3, 0.4) is 0 Å². The third-order valence-corrected chi connectivity index (χ3v) is 4.60. The van der Waals surface area contributed by atoms with Gasteiger partial charge in [-0.25, -0.2) is 9.97 Å². The van der Waals surface area contributed by atoms with Crippen molar-refractivity contribution in [3.05, 3.63) is 55.1 Å². The molecule has 0 spiro atoms. The number of nitrogen functional groups attached to an aromatic ring is 1. The molecule has 31 heavy (non-hydrogen) atoms. The fraction of sp³-hybridized carbons (Fsp3) is 0.190. The van der Waals surface area contributed by atoms with Crippen molar-refractivity contribution in [2.75, 3.05) is 11.1 Å². The molecule has 0 aliphatic rings. The van der Waals surface area contributed by atoms with Gasteiger partial charge in [0.2, 0.25) is 5.95 Å². The molecule has 1 aromatic carbocycles. The Bertz CT molecular complexity index is 1240. The zero-order chi connectivity index (χ0) is 22.2. The molecular weight excluding hydrogens is 409 g/mol. The minimum Gasteiger partial charge on any atom is -0.404 e. The SMILES string of the molecule is CC(C)n1cc(-c2ccnc(Nc3cc(N)ccc3OC(F)(F)F)n2)c2ccncc21. The Labute approximate surface area is 175 Å². The molecule has 160 valence electrons. The van der Waals surface area contributed by atoms with Crippen molar-refractivity contribution < 1.29 is 17.9 Å². The number of halogens is 3. The predicted octanol–water partition coefficient (Wildman–Crippen LogP) is 5.30. The van der Waals surface area contributed by atoms with Crippen LogP contribution in [0.2, 0.25) is 0 Å². The van der Waals surface area contributed by atoms with Gasteiger partial charge in [0.1, 0.15) is 0 Å². The van der Waals surface area contributed by atoms with Gasteiger partial charge in [-0.1, -0.05) is 0 Å². The topological polar surface area (TPSA) is 90.9 Å². The van der Waals surface area contributed by atoms with Gasteiger partial charge in [-0.05, 0) is 44.2 Å². The molecule has 0 saturated carbocycles. The summed E-state index contributed by atoms with van der Waals surface area (Å²) in [6, 6.07) is 7.61. The minimum atomic E-state index is -4.85. The number of anilines is 3. The van der Waals surface area contributed by atoms with Crippen LogP contribution in [0.25, 0.3) is 22.2 Å². The highest BCUT2D eigenvalue weighted by atomic mass is 19.4. The van der Waals surface area contributed by atoms with Crippen LogP contribution in [0, 0.1) is 0 Å². The molecule has 3 N–H and O–H groups in total. The van der Waals surface area contributed by atoms with E-state index in [9.17, 15) is 13.2 Å². The normalized spacial score (nSPS) is 11.8. The molecule has 0 atom stereocenters. The number of pyridine rings is 1. The lowest BCUT2D eigenvalue weighted by atomic mass is 10.1. The van der Waals surface area contributed by atoms with E-state index in [-0.39, 0.29) is 23.4 Å². The Morgan fingerprint density at radius 3 is 2.68 bits per heavy atom. The molecule has 10 heteroatoms. The number of rotatable bonds is 5. The van der Waals surface area contributed by atoms with Gasteiger partial charge in [0.15, 0.2) is 5.75 Å². The third kappa shape index (κ3) is 4.37. The van der Waals surface area contributed by atoms with E-state index in [1.165, 1.54) is 18.3 Å². The summed E-state index contributed by atoms with van der Waals surface area (Å²) in [5.74, 6) is -0.326. The van der Waals surface area contributed by atoms with Crippen LogP contribution in [0.4, 0.5) is 30.5 Å².